The third-order valence-electron chi connectivity index (χ3n) is 4.85. The number of hydroxylamine groups is 1. The summed E-state index contributed by atoms with van der Waals surface area (Å²) < 4.78 is 35.4. The molecule has 1 amide bonds. The van der Waals surface area contributed by atoms with Crippen LogP contribution in [0.2, 0.25) is 0 Å². The predicted octanol–water partition coefficient (Wildman–Crippen LogP) is 1.95. The van der Waals surface area contributed by atoms with E-state index in [1.165, 1.54) is 17.6 Å². The third kappa shape index (κ3) is 4.87. The lowest BCUT2D eigenvalue weighted by atomic mass is 9.98. The summed E-state index contributed by atoms with van der Waals surface area (Å²) in [7, 11) is -4.03. The average molecular weight is 443 g/mol. The zero-order chi connectivity index (χ0) is 20.0. The summed E-state index contributed by atoms with van der Waals surface area (Å²) in [6, 6.07) is 9.74. The summed E-state index contributed by atoms with van der Waals surface area (Å²) in [6.45, 7) is 0.677. The highest BCUT2D eigenvalue weighted by Crippen LogP contribution is 2.35. The fourth-order valence-electron chi connectivity index (χ4n) is 3.19. The van der Waals surface area contributed by atoms with Gasteiger partial charge in [-0.15, -0.1) is 12.4 Å². The Labute approximate surface area is 175 Å². The number of aromatic nitrogens is 1. The number of rotatable bonds is 7. The predicted molar refractivity (Wildman–Crippen MR) is 107 cm³/mol. The van der Waals surface area contributed by atoms with E-state index in [0.717, 1.165) is 5.56 Å². The second-order valence-corrected chi connectivity index (χ2v) is 8.74. The van der Waals surface area contributed by atoms with Crippen molar-refractivity contribution in [2.75, 3.05) is 19.8 Å². The number of ether oxygens (including phenoxy) is 2. The van der Waals surface area contributed by atoms with Crippen molar-refractivity contribution in [3.05, 3.63) is 54.4 Å². The third-order valence-corrected chi connectivity index (χ3v) is 7.36. The smallest absolute Gasteiger partial charge is 0.265 e. The van der Waals surface area contributed by atoms with Crippen LogP contribution in [0, 0.1) is 0 Å². The number of nitrogens with zero attached hydrogens (tertiary/aromatic N) is 1. The second-order valence-electron chi connectivity index (χ2n) is 6.48. The van der Waals surface area contributed by atoms with Gasteiger partial charge in [-0.3, -0.25) is 15.0 Å². The summed E-state index contributed by atoms with van der Waals surface area (Å²) in [5.41, 5.74) is 2.54. The van der Waals surface area contributed by atoms with E-state index in [-0.39, 0.29) is 43.4 Å². The molecular weight excluding hydrogens is 420 g/mol. The molecule has 1 saturated heterocycles. The van der Waals surface area contributed by atoms with Gasteiger partial charge in [0.1, 0.15) is 5.75 Å². The Morgan fingerprint density at radius 3 is 2.48 bits per heavy atom. The first-order chi connectivity index (χ1) is 13.5. The Bertz CT molecular complexity index is 900. The van der Waals surface area contributed by atoms with E-state index in [1.54, 1.807) is 24.5 Å². The Kier molecular flexibility index (Phi) is 7.97. The van der Waals surface area contributed by atoms with Gasteiger partial charge < -0.3 is 9.47 Å². The minimum Gasteiger partial charge on any atom is -0.493 e. The standard InChI is InChI=1S/C19H22N2O6S.ClH/c22-18(21-23)19(8-12-26-13-9-19)28(24,25)17-5-3-16(4-6-17)27-11-7-15-2-1-10-20-14-15;/h1-6,10,14,23H,7-9,11-13H2,(H,21,22);1H. The molecule has 0 bridgehead atoms. The molecule has 0 radical (unpaired) electrons. The lowest BCUT2D eigenvalue weighted by Crippen LogP contribution is -2.54. The molecular formula is C19H23ClN2O6S. The fourth-order valence-corrected chi connectivity index (χ4v) is 5.13. The summed E-state index contributed by atoms with van der Waals surface area (Å²) in [4.78, 5) is 16.3. The molecule has 0 spiro atoms. The molecule has 0 unspecified atom stereocenters. The van der Waals surface area contributed by atoms with Crippen LogP contribution in [0.15, 0.2) is 53.7 Å². The Morgan fingerprint density at radius 2 is 1.90 bits per heavy atom. The first kappa shape index (κ1) is 23.1. The number of carbonyl (C=O) groups excluding carboxylic acids is 1. The molecule has 2 heterocycles. The van der Waals surface area contributed by atoms with Crippen molar-refractivity contribution in [1.82, 2.24) is 10.5 Å². The van der Waals surface area contributed by atoms with Gasteiger partial charge in [-0.2, -0.15) is 0 Å². The van der Waals surface area contributed by atoms with Crippen molar-refractivity contribution in [2.45, 2.75) is 28.9 Å². The number of benzene rings is 1. The van der Waals surface area contributed by atoms with Crippen LogP contribution < -0.4 is 10.2 Å². The summed E-state index contributed by atoms with van der Waals surface area (Å²) >= 11 is 0. The van der Waals surface area contributed by atoms with Gasteiger partial charge in [-0.25, -0.2) is 13.9 Å². The second kappa shape index (κ2) is 10.0. The lowest BCUT2D eigenvalue weighted by Gasteiger charge is -2.34. The maximum absolute atomic E-state index is 13.1. The SMILES string of the molecule is Cl.O=C(NO)C1(S(=O)(=O)c2ccc(OCCc3cccnc3)cc2)CCOCC1. The Morgan fingerprint density at radius 1 is 1.21 bits per heavy atom. The molecule has 8 nitrogen and oxygen atoms in total. The van der Waals surface area contributed by atoms with E-state index in [1.807, 2.05) is 12.1 Å². The zero-order valence-electron chi connectivity index (χ0n) is 15.6. The Balaban J connectivity index is 0.00000300. The molecule has 2 N–H and O–H groups in total. The number of hydrogen-bond acceptors (Lipinski definition) is 7. The van der Waals surface area contributed by atoms with Gasteiger partial charge in [-0.05, 0) is 48.7 Å². The van der Waals surface area contributed by atoms with Crippen LogP contribution in [0.1, 0.15) is 18.4 Å². The van der Waals surface area contributed by atoms with Gasteiger partial charge in [0.25, 0.3) is 5.91 Å². The van der Waals surface area contributed by atoms with Crippen molar-refractivity contribution in [1.29, 1.82) is 0 Å². The molecule has 0 atom stereocenters. The molecule has 1 fully saturated rings. The van der Waals surface area contributed by atoms with Gasteiger partial charge in [-0.1, -0.05) is 6.07 Å². The number of amides is 1. The highest BCUT2D eigenvalue weighted by Gasteiger charge is 2.52. The molecule has 1 aliphatic heterocycles. The minimum absolute atomic E-state index is 0. The van der Waals surface area contributed by atoms with Crippen molar-refractivity contribution in [2.24, 2.45) is 0 Å². The van der Waals surface area contributed by atoms with Crippen molar-refractivity contribution >= 4 is 28.2 Å². The molecule has 10 heteroatoms. The van der Waals surface area contributed by atoms with Crippen LogP contribution in [-0.2, 0) is 25.8 Å². The fraction of sp³-hybridized carbons (Fsp3) is 0.368. The lowest BCUT2D eigenvalue weighted by molar-refractivity contribution is -0.134. The van der Waals surface area contributed by atoms with Crippen LogP contribution in [0.3, 0.4) is 0 Å². The maximum atomic E-state index is 13.1. The average Bonchev–Trinajstić information content (AvgIpc) is 2.74. The van der Waals surface area contributed by atoms with Gasteiger partial charge >= 0.3 is 0 Å². The number of carbonyl (C=O) groups is 1. The molecule has 1 aliphatic rings. The topological polar surface area (TPSA) is 115 Å². The van der Waals surface area contributed by atoms with E-state index in [4.69, 9.17) is 14.7 Å². The maximum Gasteiger partial charge on any atom is 0.265 e. The van der Waals surface area contributed by atoms with Crippen molar-refractivity contribution < 1.29 is 27.9 Å². The Hall–Kier alpha value is -2.20. The summed E-state index contributed by atoms with van der Waals surface area (Å²) in [5.74, 6) is -0.414. The molecule has 1 aromatic heterocycles. The van der Waals surface area contributed by atoms with Gasteiger partial charge in [0.15, 0.2) is 14.6 Å². The summed E-state index contributed by atoms with van der Waals surface area (Å²) in [5, 5.41) is 9.07. The first-order valence-corrected chi connectivity index (χ1v) is 10.4. The minimum atomic E-state index is -4.03. The van der Waals surface area contributed by atoms with E-state index >= 15 is 0 Å². The number of nitrogens with one attached hydrogen (secondary N) is 1. The van der Waals surface area contributed by atoms with Crippen molar-refractivity contribution in [3.63, 3.8) is 0 Å². The van der Waals surface area contributed by atoms with E-state index in [2.05, 4.69) is 4.98 Å². The number of halogens is 1. The van der Waals surface area contributed by atoms with E-state index < -0.39 is 20.5 Å². The zero-order valence-corrected chi connectivity index (χ0v) is 17.2. The molecule has 0 aliphatic carbocycles. The number of hydrogen-bond donors (Lipinski definition) is 2. The molecule has 158 valence electrons. The highest BCUT2D eigenvalue weighted by molar-refractivity contribution is 7.93. The van der Waals surface area contributed by atoms with Crippen LogP contribution in [0.25, 0.3) is 0 Å². The van der Waals surface area contributed by atoms with E-state index in [0.29, 0.717) is 18.8 Å². The molecule has 29 heavy (non-hydrogen) atoms. The van der Waals surface area contributed by atoms with Crippen LogP contribution in [-0.4, -0.2) is 49.1 Å². The molecule has 1 aromatic carbocycles. The van der Waals surface area contributed by atoms with Gasteiger partial charge in [0.05, 0.1) is 11.5 Å². The normalized spacial score (nSPS) is 15.8. The van der Waals surface area contributed by atoms with Crippen molar-refractivity contribution in [3.8, 4) is 5.75 Å². The molecule has 0 saturated carbocycles. The number of sulfone groups is 1. The van der Waals surface area contributed by atoms with Crippen LogP contribution in [0.4, 0.5) is 0 Å². The first-order valence-electron chi connectivity index (χ1n) is 8.88. The monoisotopic (exact) mass is 442 g/mol. The molecule has 3 rings (SSSR count). The quantitative estimate of drug-likeness (QED) is 0.497. The van der Waals surface area contributed by atoms with Crippen LogP contribution in [0.5, 0.6) is 5.75 Å². The van der Waals surface area contributed by atoms with Gasteiger partial charge in [0, 0.05) is 32.0 Å². The van der Waals surface area contributed by atoms with E-state index in [9.17, 15) is 13.2 Å². The van der Waals surface area contributed by atoms with Crippen LogP contribution >= 0.6 is 12.4 Å². The van der Waals surface area contributed by atoms with Gasteiger partial charge in [0.2, 0.25) is 0 Å². The largest absolute Gasteiger partial charge is 0.493 e. The highest BCUT2D eigenvalue weighted by atomic mass is 35.5. The summed E-state index contributed by atoms with van der Waals surface area (Å²) in [6.07, 6.45) is 4.09. The molecule has 2 aromatic rings. The number of pyridine rings is 1.